The highest BCUT2D eigenvalue weighted by atomic mass is 32.2. The Morgan fingerprint density at radius 1 is 1.16 bits per heavy atom. The van der Waals surface area contributed by atoms with Crippen LogP contribution in [-0.2, 0) is 0 Å². The van der Waals surface area contributed by atoms with Gasteiger partial charge in [-0.25, -0.2) is 0 Å². The zero-order valence-corrected chi connectivity index (χ0v) is 14.3. The second-order valence-electron chi connectivity index (χ2n) is 5.48. The number of nitrogens with one attached hydrogen (secondary N) is 2. The molecule has 0 aromatic heterocycles. The molecule has 0 rings (SSSR count). The fourth-order valence-electron chi connectivity index (χ4n) is 1.76. The Labute approximate surface area is 124 Å². The standard InChI is InChI=1S/C15H33N3S/c1-6-16-15(17-11-7-8-12-19-5)18-14(4)10-9-13(2)3/h13-14H,6-12H2,1-5H3,(H2,16,17,18). The van der Waals surface area contributed by atoms with Gasteiger partial charge in [0.15, 0.2) is 5.96 Å². The van der Waals surface area contributed by atoms with Gasteiger partial charge in [-0.2, -0.15) is 11.8 Å². The molecule has 0 spiro atoms. The molecule has 114 valence electrons. The maximum atomic E-state index is 4.64. The minimum atomic E-state index is 0.492. The Morgan fingerprint density at radius 3 is 2.47 bits per heavy atom. The number of aliphatic imine (C=N–C) groups is 1. The summed E-state index contributed by atoms with van der Waals surface area (Å²) in [5, 5.41) is 6.82. The van der Waals surface area contributed by atoms with Crippen LogP contribution in [0.15, 0.2) is 4.99 Å². The van der Waals surface area contributed by atoms with Gasteiger partial charge in [0.05, 0.1) is 0 Å². The third-order valence-corrected chi connectivity index (χ3v) is 3.63. The van der Waals surface area contributed by atoms with E-state index in [1.54, 1.807) is 0 Å². The van der Waals surface area contributed by atoms with Gasteiger partial charge in [-0.05, 0) is 57.5 Å². The van der Waals surface area contributed by atoms with Crippen LogP contribution in [0.2, 0.25) is 0 Å². The predicted octanol–water partition coefficient (Wildman–Crippen LogP) is 3.51. The quantitative estimate of drug-likeness (QED) is 0.367. The summed E-state index contributed by atoms with van der Waals surface area (Å²) < 4.78 is 0. The van der Waals surface area contributed by atoms with Crippen LogP contribution in [0.5, 0.6) is 0 Å². The molecule has 0 aromatic carbocycles. The van der Waals surface area contributed by atoms with E-state index in [0.717, 1.165) is 25.0 Å². The largest absolute Gasteiger partial charge is 0.357 e. The summed E-state index contributed by atoms with van der Waals surface area (Å²) >= 11 is 1.91. The lowest BCUT2D eigenvalue weighted by molar-refractivity contribution is 0.489. The fraction of sp³-hybridized carbons (Fsp3) is 0.933. The van der Waals surface area contributed by atoms with Crippen molar-refractivity contribution in [3.05, 3.63) is 0 Å². The van der Waals surface area contributed by atoms with Crippen LogP contribution in [0, 0.1) is 5.92 Å². The van der Waals surface area contributed by atoms with Crippen LogP contribution in [-0.4, -0.2) is 37.1 Å². The van der Waals surface area contributed by atoms with Gasteiger partial charge in [-0.3, -0.25) is 4.99 Å². The Bertz CT molecular complexity index is 229. The molecule has 1 atom stereocenters. The first-order valence-electron chi connectivity index (χ1n) is 7.63. The second kappa shape index (κ2) is 12.6. The van der Waals surface area contributed by atoms with Crippen molar-refractivity contribution in [3.8, 4) is 0 Å². The van der Waals surface area contributed by atoms with E-state index in [-0.39, 0.29) is 0 Å². The van der Waals surface area contributed by atoms with Crippen LogP contribution < -0.4 is 10.6 Å². The van der Waals surface area contributed by atoms with Crippen LogP contribution in [0.4, 0.5) is 0 Å². The zero-order chi connectivity index (χ0) is 14.5. The van der Waals surface area contributed by atoms with E-state index in [0.29, 0.717) is 6.04 Å². The number of nitrogens with zero attached hydrogens (tertiary/aromatic N) is 1. The summed E-state index contributed by atoms with van der Waals surface area (Å²) in [7, 11) is 0. The van der Waals surface area contributed by atoms with Crippen molar-refractivity contribution in [1.82, 2.24) is 10.6 Å². The molecule has 1 unspecified atom stereocenters. The lowest BCUT2D eigenvalue weighted by Crippen LogP contribution is -2.42. The molecule has 0 aliphatic carbocycles. The Morgan fingerprint density at radius 2 is 1.89 bits per heavy atom. The van der Waals surface area contributed by atoms with Crippen molar-refractivity contribution in [1.29, 1.82) is 0 Å². The molecular weight excluding hydrogens is 254 g/mol. The van der Waals surface area contributed by atoms with E-state index in [4.69, 9.17) is 0 Å². The first-order valence-corrected chi connectivity index (χ1v) is 9.03. The van der Waals surface area contributed by atoms with Gasteiger partial charge in [0.2, 0.25) is 0 Å². The van der Waals surface area contributed by atoms with Crippen LogP contribution >= 0.6 is 11.8 Å². The molecular formula is C15H33N3S. The Balaban J connectivity index is 3.97. The summed E-state index contributed by atoms with van der Waals surface area (Å²) in [4.78, 5) is 4.64. The number of guanidine groups is 1. The molecule has 3 nitrogen and oxygen atoms in total. The van der Waals surface area contributed by atoms with Gasteiger partial charge in [0.25, 0.3) is 0 Å². The second-order valence-corrected chi connectivity index (χ2v) is 6.46. The molecule has 0 bridgehead atoms. The van der Waals surface area contributed by atoms with E-state index in [1.807, 2.05) is 11.8 Å². The lowest BCUT2D eigenvalue weighted by atomic mass is 10.0. The maximum absolute atomic E-state index is 4.64. The summed E-state index contributed by atoms with van der Waals surface area (Å²) in [5.41, 5.74) is 0. The average molecular weight is 288 g/mol. The average Bonchev–Trinajstić information content (AvgIpc) is 2.36. The van der Waals surface area contributed by atoms with Crippen molar-refractivity contribution in [2.24, 2.45) is 10.9 Å². The molecule has 0 saturated carbocycles. The van der Waals surface area contributed by atoms with Crippen LogP contribution in [0.1, 0.15) is 53.4 Å². The highest BCUT2D eigenvalue weighted by molar-refractivity contribution is 7.98. The number of hydrogen-bond acceptors (Lipinski definition) is 2. The molecule has 4 heteroatoms. The molecule has 0 aliphatic heterocycles. The molecule has 2 N–H and O–H groups in total. The highest BCUT2D eigenvalue weighted by Crippen LogP contribution is 2.06. The molecule has 0 radical (unpaired) electrons. The van der Waals surface area contributed by atoms with Gasteiger partial charge >= 0.3 is 0 Å². The minimum absolute atomic E-state index is 0.492. The molecule has 0 aromatic rings. The van der Waals surface area contributed by atoms with Crippen LogP contribution in [0.3, 0.4) is 0 Å². The Kier molecular flexibility index (Phi) is 12.4. The van der Waals surface area contributed by atoms with E-state index < -0.39 is 0 Å². The summed E-state index contributed by atoms with van der Waals surface area (Å²) in [6.07, 6.45) is 7.06. The Hall–Kier alpha value is -0.380. The highest BCUT2D eigenvalue weighted by Gasteiger charge is 2.05. The SMILES string of the molecule is CCNC(=NCCCCSC)NC(C)CCC(C)C. The van der Waals surface area contributed by atoms with Gasteiger partial charge < -0.3 is 10.6 Å². The van der Waals surface area contributed by atoms with Gasteiger partial charge in [-0.1, -0.05) is 13.8 Å². The molecule has 19 heavy (non-hydrogen) atoms. The zero-order valence-electron chi connectivity index (χ0n) is 13.5. The predicted molar refractivity (Wildman–Crippen MR) is 90.3 cm³/mol. The number of hydrogen-bond donors (Lipinski definition) is 2. The van der Waals surface area contributed by atoms with Crippen molar-refractivity contribution in [2.75, 3.05) is 25.1 Å². The molecule has 0 saturated heterocycles. The van der Waals surface area contributed by atoms with Crippen molar-refractivity contribution >= 4 is 17.7 Å². The minimum Gasteiger partial charge on any atom is -0.357 e. The van der Waals surface area contributed by atoms with Crippen molar-refractivity contribution < 1.29 is 0 Å². The van der Waals surface area contributed by atoms with E-state index in [2.05, 4.69) is 49.6 Å². The number of unbranched alkanes of at least 4 members (excludes halogenated alkanes) is 1. The normalized spacial score (nSPS) is 13.7. The lowest BCUT2D eigenvalue weighted by Gasteiger charge is -2.18. The van der Waals surface area contributed by atoms with Crippen molar-refractivity contribution in [2.45, 2.75) is 59.4 Å². The summed E-state index contributed by atoms with van der Waals surface area (Å²) in [6, 6.07) is 0.492. The molecule has 0 heterocycles. The third kappa shape index (κ3) is 12.4. The van der Waals surface area contributed by atoms with Crippen molar-refractivity contribution in [3.63, 3.8) is 0 Å². The molecule has 0 amide bonds. The van der Waals surface area contributed by atoms with E-state index >= 15 is 0 Å². The van der Waals surface area contributed by atoms with Gasteiger partial charge in [0, 0.05) is 19.1 Å². The monoisotopic (exact) mass is 287 g/mol. The van der Waals surface area contributed by atoms with Gasteiger partial charge in [0.1, 0.15) is 0 Å². The third-order valence-electron chi connectivity index (χ3n) is 2.93. The first kappa shape index (κ1) is 18.6. The molecule has 0 fully saturated rings. The maximum Gasteiger partial charge on any atom is 0.191 e. The fourth-order valence-corrected chi connectivity index (χ4v) is 2.25. The molecule has 0 aliphatic rings. The smallest absolute Gasteiger partial charge is 0.191 e. The van der Waals surface area contributed by atoms with Gasteiger partial charge in [-0.15, -0.1) is 0 Å². The number of rotatable bonds is 10. The summed E-state index contributed by atoms with van der Waals surface area (Å²) in [6.45, 7) is 10.8. The van der Waals surface area contributed by atoms with E-state index in [9.17, 15) is 0 Å². The topological polar surface area (TPSA) is 36.4 Å². The summed E-state index contributed by atoms with van der Waals surface area (Å²) in [5.74, 6) is 2.99. The van der Waals surface area contributed by atoms with Crippen LogP contribution in [0.25, 0.3) is 0 Å². The first-order chi connectivity index (χ1) is 9.10. The van der Waals surface area contributed by atoms with E-state index in [1.165, 1.54) is 31.4 Å². The number of thioether (sulfide) groups is 1.